The van der Waals surface area contributed by atoms with Gasteiger partial charge >= 0.3 is 5.97 Å². The minimum atomic E-state index is -0.543. The molecule has 0 spiro atoms. The fourth-order valence-electron chi connectivity index (χ4n) is 2.52. The fraction of sp³-hybridized carbons (Fsp3) is 0.562. The predicted octanol–water partition coefficient (Wildman–Crippen LogP) is 2.84. The molecule has 0 bridgehead atoms. The topological polar surface area (TPSA) is 65.5 Å². The number of carbonyl (C=O) groups excluding carboxylic acids is 2. The summed E-state index contributed by atoms with van der Waals surface area (Å²) in [7, 11) is 0. The fourth-order valence-corrected chi connectivity index (χ4v) is 2.73. The van der Waals surface area contributed by atoms with Crippen molar-refractivity contribution in [3.05, 3.63) is 28.5 Å². The number of ether oxygens (including phenoxy) is 2. The number of aromatic nitrogens is 1. The van der Waals surface area contributed by atoms with E-state index in [2.05, 4.69) is 4.98 Å². The van der Waals surface area contributed by atoms with Crippen LogP contribution in [0.2, 0.25) is 5.15 Å². The Bertz CT molecular complexity index is 541. The largest absolute Gasteiger partial charge is 0.466 e. The van der Waals surface area contributed by atoms with Crippen molar-refractivity contribution in [2.75, 3.05) is 19.8 Å². The van der Waals surface area contributed by atoms with E-state index in [0.29, 0.717) is 11.5 Å². The van der Waals surface area contributed by atoms with Gasteiger partial charge in [-0.3, -0.25) is 9.59 Å². The van der Waals surface area contributed by atoms with Gasteiger partial charge in [-0.1, -0.05) is 11.6 Å². The molecule has 1 saturated heterocycles. The molecule has 5 nitrogen and oxygen atoms in total. The van der Waals surface area contributed by atoms with Gasteiger partial charge in [-0.15, -0.1) is 0 Å². The summed E-state index contributed by atoms with van der Waals surface area (Å²) in [4.78, 5) is 27.6. The summed E-state index contributed by atoms with van der Waals surface area (Å²) in [5.74, 6) is -0.368. The van der Waals surface area contributed by atoms with Crippen LogP contribution in [0, 0.1) is 5.92 Å². The van der Waals surface area contributed by atoms with Crippen molar-refractivity contribution < 1.29 is 19.1 Å². The Labute approximate surface area is 135 Å². The Morgan fingerprint density at radius 3 is 2.82 bits per heavy atom. The van der Waals surface area contributed by atoms with Crippen molar-refractivity contribution in [3.63, 3.8) is 0 Å². The Hall–Kier alpha value is -1.46. The number of rotatable bonds is 6. The molecule has 0 radical (unpaired) electrons. The molecule has 120 valence electrons. The van der Waals surface area contributed by atoms with Gasteiger partial charge in [-0.2, -0.15) is 0 Å². The third-order valence-electron chi connectivity index (χ3n) is 3.67. The number of esters is 1. The van der Waals surface area contributed by atoms with Crippen LogP contribution in [0.1, 0.15) is 42.1 Å². The average Bonchev–Trinajstić information content (AvgIpc) is 2.50. The molecule has 2 heterocycles. The molecule has 1 aromatic rings. The van der Waals surface area contributed by atoms with Crippen LogP contribution in [0.25, 0.3) is 0 Å². The SMILES string of the molecule is CCOC(=O)CC(=O)c1cc(CC2CCOCC2)cnc1Cl. The molecule has 0 amide bonds. The summed E-state index contributed by atoms with van der Waals surface area (Å²) in [5.41, 5.74) is 1.25. The zero-order valence-corrected chi connectivity index (χ0v) is 13.4. The molecular weight excluding hydrogens is 306 g/mol. The highest BCUT2D eigenvalue weighted by atomic mass is 35.5. The molecule has 0 aliphatic carbocycles. The maximum Gasteiger partial charge on any atom is 0.313 e. The molecule has 1 aliphatic rings. The van der Waals surface area contributed by atoms with Crippen molar-refractivity contribution in [1.29, 1.82) is 0 Å². The van der Waals surface area contributed by atoms with E-state index in [9.17, 15) is 9.59 Å². The number of nitrogens with zero attached hydrogens (tertiary/aromatic N) is 1. The highest BCUT2D eigenvalue weighted by Crippen LogP contribution is 2.23. The van der Waals surface area contributed by atoms with Crippen molar-refractivity contribution in [3.8, 4) is 0 Å². The Balaban J connectivity index is 2.05. The Morgan fingerprint density at radius 1 is 1.41 bits per heavy atom. The van der Waals surface area contributed by atoms with Crippen LogP contribution >= 0.6 is 11.6 Å². The number of hydrogen-bond donors (Lipinski definition) is 0. The lowest BCUT2D eigenvalue weighted by Crippen LogP contribution is -2.18. The van der Waals surface area contributed by atoms with Gasteiger partial charge < -0.3 is 9.47 Å². The van der Waals surface area contributed by atoms with Crippen molar-refractivity contribution in [2.45, 2.75) is 32.6 Å². The predicted molar refractivity (Wildman–Crippen MR) is 82.1 cm³/mol. The van der Waals surface area contributed by atoms with E-state index in [4.69, 9.17) is 21.1 Å². The van der Waals surface area contributed by atoms with Crippen LogP contribution < -0.4 is 0 Å². The molecule has 2 rings (SSSR count). The summed E-state index contributed by atoms with van der Waals surface area (Å²) in [6, 6.07) is 1.74. The molecular formula is C16H20ClNO4. The molecule has 0 atom stereocenters. The van der Waals surface area contributed by atoms with Crippen LogP contribution in [0.5, 0.6) is 0 Å². The number of hydrogen-bond acceptors (Lipinski definition) is 5. The van der Waals surface area contributed by atoms with Crippen molar-refractivity contribution in [2.24, 2.45) is 5.92 Å². The van der Waals surface area contributed by atoms with E-state index in [-0.39, 0.29) is 24.0 Å². The zero-order chi connectivity index (χ0) is 15.9. The van der Waals surface area contributed by atoms with Crippen LogP contribution in [0.15, 0.2) is 12.3 Å². The summed E-state index contributed by atoms with van der Waals surface area (Å²) in [6.45, 7) is 3.51. The quantitative estimate of drug-likeness (QED) is 0.348. The molecule has 0 N–H and O–H groups in total. The number of Topliss-reactive ketones (excluding diaryl/α,β-unsaturated/α-hetero) is 1. The van der Waals surface area contributed by atoms with Gasteiger partial charge in [0.2, 0.25) is 0 Å². The number of pyridine rings is 1. The van der Waals surface area contributed by atoms with Crippen LogP contribution in [-0.4, -0.2) is 36.6 Å². The van der Waals surface area contributed by atoms with Gasteiger partial charge in [0.1, 0.15) is 11.6 Å². The van der Waals surface area contributed by atoms with E-state index < -0.39 is 5.97 Å². The molecule has 22 heavy (non-hydrogen) atoms. The molecule has 1 aromatic heterocycles. The van der Waals surface area contributed by atoms with E-state index in [0.717, 1.165) is 38.0 Å². The maximum absolute atomic E-state index is 12.1. The minimum Gasteiger partial charge on any atom is -0.466 e. The lowest BCUT2D eigenvalue weighted by Gasteiger charge is -2.22. The van der Waals surface area contributed by atoms with Gasteiger partial charge in [0.05, 0.1) is 12.2 Å². The third-order valence-corrected chi connectivity index (χ3v) is 3.97. The van der Waals surface area contributed by atoms with E-state index in [1.54, 1.807) is 19.2 Å². The molecule has 1 fully saturated rings. The van der Waals surface area contributed by atoms with Gasteiger partial charge in [-0.25, -0.2) is 4.98 Å². The van der Waals surface area contributed by atoms with Gasteiger partial charge in [-0.05, 0) is 43.7 Å². The standard InChI is InChI=1S/C16H20ClNO4/c1-2-22-15(20)9-14(19)13-8-12(10-18-16(13)17)7-11-3-5-21-6-4-11/h8,10-11H,2-7,9H2,1H3. The van der Waals surface area contributed by atoms with Gasteiger partial charge in [0.25, 0.3) is 0 Å². The molecule has 1 aliphatic heterocycles. The van der Waals surface area contributed by atoms with Crippen molar-refractivity contribution >= 4 is 23.4 Å². The normalized spacial score (nSPS) is 15.5. The van der Waals surface area contributed by atoms with E-state index in [1.165, 1.54) is 0 Å². The second-order valence-electron chi connectivity index (χ2n) is 5.35. The molecule has 0 aromatic carbocycles. The van der Waals surface area contributed by atoms with Crippen LogP contribution in [-0.2, 0) is 20.7 Å². The highest BCUT2D eigenvalue weighted by Gasteiger charge is 2.19. The number of carbonyl (C=O) groups is 2. The monoisotopic (exact) mass is 325 g/mol. The zero-order valence-electron chi connectivity index (χ0n) is 12.6. The molecule has 0 unspecified atom stereocenters. The first-order valence-electron chi connectivity index (χ1n) is 7.51. The van der Waals surface area contributed by atoms with Gasteiger partial charge in [0, 0.05) is 19.4 Å². The van der Waals surface area contributed by atoms with Crippen LogP contribution in [0.4, 0.5) is 0 Å². The minimum absolute atomic E-state index is 0.130. The first kappa shape index (κ1) is 16.9. The smallest absolute Gasteiger partial charge is 0.313 e. The first-order valence-corrected chi connectivity index (χ1v) is 7.89. The van der Waals surface area contributed by atoms with Crippen LogP contribution in [0.3, 0.4) is 0 Å². The average molecular weight is 326 g/mol. The second kappa shape index (κ2) is 8.25. The second-order valence-corrected chi connectivity index (χ2v) is 5.70. The highest BCUT2D eigenvalue weighted by molar-refractivity contribution is 6.33. The Kier molecular flexibility index (Phi) is 6.34. The number of ketones is 1. The van der Waals surface area contributed by atoms with Crippen molar-refractivity contribution in [1.82, 2.24) is 4.98 Å². The van der Waals surface area contributed by atoms with Gasteiger partial charge in [0.15, 0.2) is 5.78 Å². The molecule has 6 heteroatoms. The number of halogens is 1. The maximum atomic E-state index is 12.1. The Morgan fingerprint density at radius 2 is 2.14 bits per heavy atom. The van der Waals surface area contributed by atoms with E-state index in [1.807, 2.05) is 0 Å². The first-order chi connectivity index (χ1) is 10.6. The van der Waals surface area contributed by atoms with E-state index >= 15 is 0 Å². The molecule has 0 saturated carbocycles. The summed E-state index contributed by atoms with van der Waals surface area (Å²) < 4.78 is 10.1. The summed E-state index contributed by atoms with van der Waals surface area (Å²) >= 11 is 5.99. The lowest BCUT2D eigenvalue weighted by molar-refractivity contribution is -0.141. The third kappa shape index (κ3) is 4.78. The summed E-state index contributed by atoms with van der Waals surface area (Å²) in [6.07, 6.45) is 4.24. The lowest BCUT2D eigenvalue weighted by atomic mass is 9.92. The summed E-state index contributed by atoms with van der Waals surface area (Å²) in [5, 5.41) is 0.130.